The summed E-state index contributed by atoms with van der Waals surface area (Å²) in [5.74, 6) is 0.0962. The minimum atomic E-state index is -2.97. The highest BCUT2D eigenvalue weighted by Gasteiger charge is 2.23. The summed E-state index contributed by atoms with van der Waals surface area (Å²) in [6.45, 7) is 2.27. The monoisotopic (exact) mass is 490 g/mol. The Morgan fingerprint density at radius 3 is 2.50 bits per heavy atom. The van der Waals surface area contributed by atoms with Crippen LogP contribution in [0.2, 0.25) is 5.02 Å². The van der Waals surface area contributed by atoms with Crippen molar-refractivity contribution in [1.82, 2.24) is 29.9 Å². The van der Waals surface area contributed by atoms with Crippen LogP contribution in [0.1, 0.15) is 42.6 Å². The standard InChI is InChI=1S/C19H19ClF4N6OS/c1-2-29-15(9-30-14(18(23)24)7-13(28-30)17(21)22)26-27-19(29)32-10-16(31)25-8-11-3-5-12(20)6-4-11/h3-7,17-18H,2,8-10H2,1H3,(H,25,31). The number of aromatic nitrogens is 5. The molecule has 13 heteroatoms. The topological polar surface area (TPSA) is 77.6 Å². The van der Waals surface area contributed by atoms with Gasteiger partial charge in [-0.1, -0.05) is 35.5 Å². The molecule has 0 aliphatic carbocycles. The van der Waals surface area contributed by atoms with Crippen molar-refractivity contribution < 1.29 is 22.4 Å². The van der Waals surface area contributed by atoms with Gasteiger partial charge in [-0.2, -0.15) is 5.10 Å². The molecule has 0 unspecified atom stereocenters. The van der Waals surface area contributed by atoms with Gasteiger partial charge in [0.05, 0.1) is 5.75 Å². The lowest BCUT2D eigenvalue weighted by atomic mass is 10.2. The maximum Gasteiger partial charge on any atom is 0.282 e. The van der Waals surface area contributed by atoms with Crippen LogP contribution in [0.25, 0.3) is 0 Å². The number of thioether (sulfide) groups is 1. The van der Waals surface area contributed by atoms with Crippen molar-refractivity contribution >= 4 is 29.3 Å². The van der Waals surface area contributed by atoms with E-state index < -0.39 is 24.2 Å². The number of carbonyl (C=O) groups is 1. The van der Waals surface area contributed by atoms with Crippen LogP contribution < -0.4 is 5.32 Å². The quantitative estimate of drug-likeness (QED) is 0.335. The van der Waals surface area contributed by atoms with Crippen molar-refractivity contribution in [2.45, 2.75) is 44.6 Å². The summed E-state index contributed by atoms with van der Waals surface area (Å²) in [6, 6.07) is 7.75. The first-order valence-electron chi connectivity index (χ1n) is 9.48. The first kappa shape index (κ1) is 24.1. The van der Waals surface area contributed by atoms with Crippen LogP contribution in [-0.2, 0) is 24.4 Å². The third-order valence-corrected chi connectivity index (χ3v) is 5.63. The minimum absolute atomic E-state index is 0.0608. The van der Waals surface area contributed by atoms with Gasteiger partial charge >= 0.3 is 0 Å². The molecule has 32 heavy (non-hydrogen) atoms. The number of benzene rings is 1. The van der Waals surface area contributed by atoms with E-state index in [2.05, 4.69) is 20.6 Å². The first-order valence-corrected chi connectivity index (χ1v) is 10.8. The molecule has 3 aromatic rings. The molecule has 1 aromatic carbocycles. The highest BCUT2D eigenvalue weighted by molar-refractivity contribution is 7.99. The molecule has 3 rings (SSSR count). The highest BCUT2D eigenvalue weighted by atomic mass is 35.5. The number of nitrogens with zero attached hydrogens (tertiary/aromatic N) is 5. The number of carbonyl (C=O) groups excluding carboxylic acids is 1. The third-order valence-electron chi connectivity index (χ3n) is 4.41. The normalized spacial score (nSPS) is 11.5. The van der Waals surface area contributed by atoms with Crippen LogP contribution in [-0.4, -0.2) is 36.2 Å². The number of alkyl halides is 4. The summed E-state index contributed by atoms with van der Waals surface area (Å²) in [5.41, 5.74) is -0.458. The Kier molecular flexibility index (Phi) is 8.13. The lowest BCUT2D eigenvalue weighted by molar-refractivity contribution is -0.118. The molecule has 0 aliphatic heterocycles. The fraction of sp³-hybridized carbons (Fsp3) is 0.368. The van der Waals surface area contributed by atoms with Gasteiger partial charge in [-0.3, -0.25) is 9.48 Å². The lowest BCUT2D eigenvalue weighted by Crippen LogP contribution is -2.24. The molecule has 0 saturated carbocycles. The smallest absolute Gasteiger partial charge is 0.282 e. The van der Waals surface area contributed by atoms with Gasteiger partial charge in [0.1, 0.15) is 17.9 Å². The summed E-state index contributed by atoms with van der Waals surface area (Å²) in [7, 11) is 0. The van der Waals surface area contributed by atoms with Gasteiger partial charge in [0.25, 0.3) is 12.9 Å². The molecular formula is C19H19ClF4N6OS. The predicted molar refractivity (Wildman–Crippen MR) is 111 cm³/mol. The summed E-state index contributed by atoms with van der Waals surface area (Å²) in [4.78, 5) is 12.2. The Balaban J connectivity index is 1.63. The zero-order valence-corrected chi connectivity index (χ0v) is 18.4. The number of rotatable bonds is 10. The Morgan fingerprint density at radius 1 is 1.16 bits per heavy atom. The van der Waals surface area contributed by atoms with Gasteiger partial charge in [-0.15, -0.1) is 10.2 Å². The van der Waals surface area contributed by atoms with Gasteiger partial charge in [-0.25, -0.2) is 17.6 Å². The van der Waals surface area contributed by atoms with Crippen molar-refractivity contribution in [1.29, 1.82) is 0 Å². The lowest BCUT2D eigenvalue weighted by Gasteiger charge is -2.09. The van der Waals surface area contributed by atoms with Crippen LogP contribution in [0.15, 0.2) is 35.5 Å². The Morgan fingerprint density at radius 2 is 1.88 bits per heavy atom. The maximum atomic E-state index is 13.2. The second-order valence-corrected chi connectivity index (χ2v) is 7.97. The fourth-order valence-corrected chi connectivity index (χ4v) is 3.82. The number of amides is 1. The number of nitrogens with one attached hydrogen (secondary N) is 1. The molecule has 1 N–H and O–H groups in total. The van der Waals surface area contributed by atoms with Crippen LogP contribution in [0.4, 0.5) is 17.6 Å². The van der Waals surface area contributed by atoms with Crippen molar-refractivity contribution in [3.63, 3.8) is 0 Å². The molecule has 2 heterocycles. The van der Waals surface area contributed by atoms with E-state index in [1.54, 1.807) is 35.8 Å². The van der Waals surface area contributed by atoms with Crippen LogP contribution >= 0.6 is 23.4 Å². The molecular weight excluding hydrogens is 472 g/mol. The van der Waals surface area contributed by atoms with Gasteiger partial charge < -0.3 is 9.88 Å². The average molecular weight is 491 g/mol. The Bertz CT molecular complexity index is 1060. The van der Waals surface area contributed by atoms with E-state index in [1.165, 1.54) is 0 Å². The maximum absolute atomic E-state index is 13.2. The molecule has 0 atom stereocenters. The first-order chi connectivity index (χ1) is 15.3. The minimum Gasteiger partial charge on any atom is -0.351 e. The van der Waals surface area contributed by atoms with Crippen molar-refractivity contribution in [2.75, 3.05) is 5.75 Å². The summed E-state index contributed by atoms with van der Waals surface area (Å²) in [6.07, 6.45) is -5.93. The Labute approximate surface area is 190 Å². The fourth-order valence-electron chi connectivity index (χ4n) is 2.84. The predicted octanol–water partition coefficient (Wildman–Crippen LogP) is 4.48. The summed E-state index contributed by atoms with van der Waals surface area (Å²) < 4.78 is 54.6. The van der Waals surface area contributed by atoms with E-state index >= 15 is 0 Å². The highest BCUT2D eigenvalue weighted by Crippen LogP contribution is 2.26. The second kappa shape index (κ2) is 10.8. The third kappa shape index (κ3) is 6.00. The SMILES string of the molecule is CCn1c(Cn2nc(C(F)F)cc2C(F)F)nnc1SCC(=O)NCc1ccc(Cl)cc1. The largest absolute Gasteiger partial charge is 0.351 e. The summed E-state index contributed by atoms with van der Waals surface area (Å²) in [5, 5.41) is 15.3. The van der Waals surface area contributed by atoms with Crippen LogP contribution in [0.5, 0.6) is 0 Å². The zero-order chi connectivity index (χ0) is 23.3. The van der Waals surface area contributed by atoms with Gasteiger partial charge in [0.15, 0.2) is 11.0 Å². The molecule has 1 amide bonds. The average Bonchev–Trinajstić information content (AvgIpc) is 3.36. The molecule has 2 aromatic heterocycles. The Hall–Kier alpha value is -2.60. The van der Waals surface area contributed by atoms with Crippen molar-refractivity contribution in [3.05, 3.63) is 58.1 Å². The molecule has 172 valence electrons. The van der Waals surface area contributed by atoms with Gasteiger partial charge in [0, 0.05) is 18.1 Å². The molecule has 0 saturated heterocycles. The zero-order valence-electron chi connectivity index (χ0n) is 16.8. The number of hydrogen-bond donors (Lipinski definition) is 1. The van der Waals surface area contributed by atoms with E-state index in [1.807, 2.05) is 0 Å². The number of halogens is 5. The van der Waals surface area contributed by atoms with E-state index in [4.69, 9.17) is 11.6 Å². The van der Waals surface area contributed by atoms with E-state index in [-0.39, 0.29) is 24.0 Å². The van der Waals surface area contributed by atoms with Crippen LogP contribution in [0.3, 0.4) is 0 Å². The van der Waals surface area contributed by atoms with E-state index in [9.17, 15) is 22.4 Å². The van der Waals surface area contributed by atoms with Crippen LogP contribution in [0, 0.1) is 0 Å². The van der Waals surface area contributed by atoms with E-state index in [0.717, 1.165) is 22.0 Å². The molecule has 0 spiro atoms. The van der Waals surface area contributed by atoms with Crippen molar-refractivity contribution in [3.8, 4) is 0 Å². The molecule has 7 nitrogen and oxygen atoms in total. The van der Waals surface area contributed by atoms with Gasteiger partial charge in [-0.05, 0) is 30.7 Å². The molecule has 0 aliphatic rings. The molecule has 0 fully saturated rings. The summed E-state index contributed by atoms with van der Waals surface area (Å²) >= 11 is 6.96. The van der Waals surface area contributed by atoms with E-state index in [0.29, 0.717) is 29.3 Å². The van der Waals surface area contributed by atoms with Crippen molar-refractivity contribution in [2.24, 2.45) is 0 Å². The number of hydrogen-bond acceptors (Lipinski definition) is 5. The second-order valence-electron chi connectivity index (χ2n) is 6.59. The molecule has 0 radical (unpaired) electrons. The molecule has 0 bridgehead atoms. The van der Waals surface area contributed by atoms with Gasteiger partial charge in [0.2, 0.25) is 5.91 Å².